The van der Waals surface area contributed by atoms with E-state index in [1.165, 1.54) is 0 Å². The van der Waals surface area contributed by atoms with Gasteiger partial charge < -0.3 is 19.9 Å². The molecule has 0 spiro atoms. The first-order valence-electron chi connectivity index (χ1n) is 7.93. The van der Waals surface area contributed by atoms with Gasteiger partial charge in [-0.05, 0) is 11.6 Å². The molecule has 2 fully saturated rings. The summed E-state index contributed by atoms with van der Waals surface area (Å²) in [5.74, 6) is 0.654. The van der Waals surface area contributed by atoms with Gasteiger partial charge in [0.2, 0.25) is 11.8 Å². The van der Waals surface area contributed by atoms with Gasteiger partial charge in [-0.2, -0.15) is 0 Å². The Bertz CT molecular complexity index is 569. The van der Waals surface area contributed by atoms with Crippen molar-refractivity contribution in [2.24, 2.45) is 5.92 Å². The van der Waals surface area contributed by atoms with Crippen LogP contribution in [0.25, 0.3) is 0 Å². The fourth-order valence-corrected chi connectivity index (χ4v) is 2.87. The molecular formula is C16H22N4O3. The Morgan fingerprint density at radius 3 is 2.78 bits per heavy atom. The van der Waals surface area contributed by atoms with E-state index in [0.29, 0.717) is 19.5 Å². The number of ether oxygens (including phenoxy) is 1. The SMILES string of the molecule is CN1C[C@H](C(=O)NCc2ccc(N3CCOCC3)nc2)CC1=O. The molecule has 1 aromatic heterocycles. The Labute approximate surface area is 135 Å². The van der Waals surface area contributed by atoms with Crippen molar-refractivity contribution in [3.8, 4) is 0 Å². The number of nitrogens with zero attached hydrogens (tertiary/aromatic N) is 3. The predicted octanol–water partition coefficient (Wildman–Crippen LogP) is 0.0127. The first-order valence-corrected chi connectivity index (χ1v) is 7.93. The van der Waals surface area contributed by atoms with Gasteiger partial charge >= 0.3 is 0 Å². The summed E-state index contributed by atoms with van der Waals surface area (Å²) < 4.78 is 5.33. The smallest absolute Gasteiger partial charge is 0.225 e. The summed E-state index contributed by atoms with van der Waals surface area (Å²) in [5.41, 5.74) is 0.952. The van der Waals surface area contributed by atoms with Gasteiger partial charge in [-0.25, -0.2) is 4.98 Å². The summed E-state index contributed by atoms with van der Waals surface area (Å²) in [4.78, 5) is 31.8. The molecule has 2 amide bonds. The van der Waals surface area contributed by atoms with Crippen LogP contribution < -0.4 is 10.2 Å². The zero-order valence-corrected chi connectivity index (χ0v) is 13.3. The molecule has 3 heterocycles. The first-order chi connectivity index (χ1) is 11.1. The monoisotopic (exact) mass is 318 g/mol. The van der Waals surface area contributed by atoms with Gasteiger partial charge in [0.25, 0.3) is 0 Å². The zero-order valence-electron chi connectivity index (χ0n) is 13.3. The molecular weight excluding hydrogens is 296 g/mol. The second-order valence-electron chi connectivity index (χ2n) is 6.02. The number of amides is 2. The Morgan fingerprint density at radius 1 is 1.39 bits per heavy atom. The van der Waals surface area contributed by atoms with Crippen LogP contribution in [0.4, 0.5) is 5.82 Å². The maximum absolute atomic E-state index is 12.1. The molecule has 2 aliphatic heterocycles. The fraction of sp³-hybridized carbons (Fsp3) is 0.562. The van der Waals surface area contributed by atoms with Crippen LogP contribution in [0.3, 0.4) is 0 Å². The van der Waals surface area contributed by atoms with E-state index in [-0.39, 0.29) is 17.7 Å². The van der Waals surface area contributed by atoms with Crippen LogP contribution in [0.1, 0.15) is 12.0 Å². The van der Waals surface area contributed by atoms with Crippen molar-refractivity contribution in [1.29, 1.82) is 0 Å². The molecule has 0 aliphatic carbocycles. The van der Waals surface area contributed by atoms with E-state index in [4.69, 9.17) is 4.74 Å². The van der Waals surface area contributed by atoms with Crippen molar-refractivity contribution >= 4 is 17.6 Å². The van der Waals surface area contributed by atoms with Crippen LogP contribution in [0.5, 0.6) is 0 Å². The summed E-state index contributed by atoms with van der Waals surface area (Å²) in [6.07, 6.45) is 2.09. The molecule has 23 heavy (non-hydrogen) atoms. The minimum absolute atomic E-state index is 0.0293. The lowest BCUT2D eigenvalue weighted by Gasteiger charge is -2.27. The molecule has 124 valence electrons. The highest BCUT2D eigenvalue weighted by Gasteiger charge is 2.31. The molecule has 1 aromatic rings. The number of morpholine rings is 1. The maximum Gasteiger partial charge on any atom is 0.225 e. The van der Waals surface area contributed by atoms with Gasteiger partial charge in [0.1, 0.15) is 5.82 Å². The van der Waals surface area contributed by atoms with Crippen LogP contribution in [0.2, 0.25) is 0 Å². The number of likely N-dealkylation sites (tertiary alicyclic amines) is 1. The first kappa shape index (κ1) is 15.7. The number of carbonyl (C=O) groups excluding carboxylic acids is 2. The minimum atomic E-state index is -0.243. The molecule has 7 nitrogen and oxygen atoms in total. The Balaban J connectivity index is 1.50. The van der Waals surface area contributed by atoms with Crippen LogP contribution in [-0.4, -0.2) is 61.6 Å². The van der Waals surface area contributed by atoms with Gasteiger partial charge in [0.15, 0.2) is 0 Å². The quantitative estimate of drug-likeness (QED) is 0.847. The van der Waals surface area contributed by atoms with E-state index < -0.39 is 0 Å². The van der Waals surface area contributed by atoms with Gasteiger partial charge in [0.05, 0.1) is 19.1 Å². The third kappa shape index (κ3) is 3.79. The van der Waals surface area contributed by atoms with E-state index in [0.717, 1.165) is 37.7 Å². The lowest BCUT2D eigenvalue weighted by atomic mass is 10.1. The number of hydrogen-bond donors (Lipinski definition) is 1. The largest absolute Gasteiger partial charge is 0.378 e. The molecule has 0 aromatic carbocycles. The van der Waals surface area contributed by atoms with Gasteiger partial charge in [-0.1, -0.05) is 6.07 Å². The molecule has 1 N–H and O–H groups in total. The van der Waals surface area contributed by atoms with Crippen LogP contribution >= 0.6 is 0 Å². The van der Waals surface area contributed by atoms with Crippen LogP contribution in [-0.2, 0) is 20.9 Å². The summed E-state index contributed by atoms with van der Waals surface area (Å²) in [5, 5.41) is 2.89. The van der Waals surface area contributed by atoms with Crippen LogP contribution in [0.15, 0.2) is 18.3 Å². The number of anilines is 1. The summed E-state index contributed by atoms with van der Waals surface area (Å²) >= 11 is 0. The average Bonchev–Trinajstić information content (AvgIpc) is 2.93. The summed E-state index contributed by atoms with van der Waals surface area (Å²) in [6.45, 7) is 4.10. The van der Waals surface area contributed by atoms with Gasteiger partial charge in [0, 0.05) is 45.8 Å². The summed E-state index contributed by atoms with van der Waals surface area (Å²) in [7, 11) is 1.73. The van der Waals surface area contributed by atoms with Crippen molar-refractivity contribution in [2.45, 2.75) is 13.0 Å². The molecule has 7 heteroatoms. The van der Waals surface area contributed by atoms with Crippen molar-refractivity contribution in [1.82, 2.24) is 15.2 Å². The molecule has 0 radical (unpaired) electrons. The standard InChI is InChI=1S/C16H22N4O3/c1-19-11-13(8-15(19)21)16(22)18-10-12-2-3-14(17-9-12)20-4-6-23-7-5-20/h2-3,9,13H,4-8,10-11H2,1H3,(H,18,22)/t13-/m1/s1. The Morgan fingerprint density at radius 2 is 2.17 bits per heavy atom. The fourth-order valence-electron chi connectivity index (χ4n) is 2.87. The van der Waals surface area contributed by atoms with Crippen molar-refractivity contribution in [3.63, 3.8) is 0 Å². The molecule has 3 rings (SSSR count). The second kappa shape index (κ2) is 6.95. The molecule has 1 atom stereocenters. The number of pyridine rings is 1. The molecule has 0 saturated carbocycles. The van der Waals surface area contributed by atoms with E-state index in [2.05, 4.69) is 15.2 Å². The second-order valence-corrected chi connectivity index (χ2v) is 6.02. The predicted molar refractivity (Wildman–Crippen MR) is 84.9 cm³/mol. The normalized spacial score (nSPS) is 21.6. The van der Waals surface area contributed by atoms with Gasteiger partial charge in [-0.15, -0.1) is 0 Å². The van der Waals surface area contributed by atoms with Crippen molar-refractivity contribution < 1.29 is 14.3 Å². The van der Waals surface area contributed by atoms with Crippen molar-refractivity contribution in [3.05, 3.63) is 23.9 Å². The molecule has 2 saturated heterocycles. The van der Waals surface area contributed by atoms with E-state index in [9.17, 15) is 9.59 Å². The lowest BCUT2D eigenvalue weighted by molar-refractivity contribution is -0.128. The highest BCUT2D eigenvalue weighted by molar-refractivity contribution is 5.89. The molecule has 0 unspecified atom stereocenters. The van der Waals surface area contributed by atoms with Crippen LogP contribution in [0, 0.1) is 5.92 Å². The Kier molecular flexibility index (Phi) is 4.76. The average molecular weight is 318 g/mol. The number of carbonyl (C=O) groups is 2. The zero-order chi connectivity index (χ0) is 16.2. The van der Waals surface area contributed by atoms with E-state index in [1.807, 2.05) is 12.1 Å². The number of hydrogen-bond acceptors (Lipinski definition) is 5. The van der Waals surface area contributed by atoms with E-state index >= 15 is 0 Å². The van der Waals surface area contributed by atoms with Gasteiger partial charge in [-0.3, -0.25) is 9.59 Å². The molecule has 2 aliphatic rings. The number of aromatic nitrogens is 1. The molecule has 0 bridgehead atoms. The number of rotatable bonds is 4. The maximum atomic E-state index is 12.1. The summed E-state index contributed by atoms with van der Waals surface area (Å²) in [6, 6.07) is 3.95. The topological polar surface area (TPSA) is 74.8 Å². The number of nitrogens with one attached hydrogen (secondary N) is 1. The van der Waals surface area contributed by atoms with E-state index in [1.54, 1.807) is 18.1 Å². The Hall–Kier alpha value is -2.15. The lowest BCUT2D eigenvalue weighted by Crippen LogP contribution is -2.36. The van der Waals surface area contributed by atoms with Crippen molar-refractivity contribution in [2.75, 3.05) is 44.8 Å². The third-order valence-corrected chi connectivity index (χ3v) is 4.32. The highest BCUT2D eigenvalue weighted by Crippen LogP contribution is 2.16. The third-order valence-electron chi connectivity index (χ3n) is 4.32. The highest BCUT2D eigenvalue weighted by atomic mass is 16.5. The minimum Gasteiger partial charge on any atom is -0.378 e.